The molecule has 4 saturated heterocycles. The van der Waals surface area contributed by atoms with Crippen LogP contribution in [-0.2, 0) is 87.0 Å². The van der Waals surface area contributed by atoms with Crippen molar-refractivity contribution in [2.24, 2.45) is 71.0 Å². The van der Waals surface area contributed by atoms with E-state index in [1.807, 2.05) is 44.2 Å². The lowest BCUT2D eigenvalue weighted by Gasteiger charge is -2.34. The number of ether oxygens (including phenoxy) is 7. The summed E-state index contributed by atoms with van der Waals surface area (Å²) >= 11 is 63.4. The molecule has 6 aliphatic heterocycles. The molecule has 4 amide bonds. The summed E-state index contributed by atoms with van der Waals surface area (Å²) in [7, 11) is 2.71. The second-order valence-corrected chi connectivity index (χ2v) is 47.3. The Hall–Kier alpha value is -5.67. The number of carboxylic acid groups (broad SMARTS) is 5. The average Bonchev–Trinajstić information content (AvgIpc) is 1.52. The summed E-state index contributed by atoms with van der Waals surface area (Å²) in [6.07, 6.45) is 6.57. The number of nitrogens with one attached hydrogen (secondary N) is 2. The third-order valence-electron chi connectivity index (χ3n) is 24.1. The third-order valence-corrected chi connectivity index (χ3v) is 28.7. The van der Waals surface area contributed by atoms with Gasteiger partial charge in [-0.05, 0) is 167 Å². The SMILES string of the molecule is CC(C)(C)OC(=O)N1CC=C[C@H]1C(=O)O.CC(C)(C)OC(=O)[C@@H]1C=CCN1C(=O)OC(C)(C)C.CC(C)(C)OC(=O)[C@@H]1[C@@H]2[C@H](CN1C(=O)OC(C)(C)C)C2(Cl)Cl.CCN(CC)CC.CO.COC(=O)[C@@H]1[C@@H]2[C@H](CN1C(=O)[C@@H](C)C1CCCCC1)C2(Cl)Cl.COC(=O)[C@H]1NC[C@H]2[C@@H]1C2(Cl)Cl.C[C@H](C(=O)O)C1CCCCC1.Cl.Cl.ClCCl.ClCc1ccccc1.O=C(O)C(F)(F)F.O=C(O)C(F)(F)F.O=C(O)[C@H]1NC[C@H]2[C@@H]1C2(Cl)Cl.[2H]CF. The molecule has 6 aliphatic carbocycles. The number of piperidine rings is 4. The van der Waals surface area contributed by atoms with Crippen LogP contribution in [0.25, 0.3) is 0 Å². The molecule has 33 nitrogen and oxygen atoms in total. The van der Waals surface area contributed by atoms with E-state index in [9.17, 15) is 83.5 Å². The fraction of sp³-hybridized carbons (Fsp3) is 0.763. The molecule has 0 aromatic heterocycles. The number of nitrogens with zero attached hydrogens (tertiary/aromatic N) is 5. The molecule has 8 N–H and O–H groups in total. The monoisotopic (exact) mass is 2420 g/mol. The molecule has 0 bridgehead atoms. The van der Waals surface area contributed by atoms with E-state index in [4.69, 9.17) is 198 Å². The van der Waals surface area contributed by atoms with E-state index in [2.05, 4.69) is 41.0 Å². The van der Waals surface area contributed by atoms with Crippen molar-refractivity contribution in [1.82, 2.24) is 35.1 Å². The van der Waals surface area contributed by atoms with Crippen LogP contribution in [0.4, 0.5) is 45.1 Å². The predicted molar refractivity (Wildman–Crippen MR) is 566 cm³/mol. The number of aliphatic hydroxyl groups is 1. The number of esters is 4. The highest BCUT2D eigenvalue weighted by molar-refractivity contribution is 6.53. The summed E-state index contributed by atoms with van der Waals surface area (Å²) in [5, 5.41) is 53.5. The van der Waals surface area contributed by atoms with Gasteiger partial charge in [0.25, 0.3) is 0 Å². The molecule has 150 heavy (non-hydrogen) atoms. The second kappa shape index (κ2) is 65.6. The maximum atomic E-state index is 12.9. The maximum Gasteiger partial charge on any atom is 0.490 e. The minimum absolute atomic E-state index is 0. The molecule has 1 aromatic carbocycles. The summed E-state index contributed by atoms with van der Waals surface area (Å²) < 4.78 is 112. The van der Waals surface area contributed by atoms with Gasteiger partial charge in [0.15, 0.2) is 12.1 Å². The van der Waals surface area contributed by atoms with Gasteiger partial charge >= 0.3 is 84.4 Å². The normalized spacial score (nSPS) is 24.7. The predicted octanol–water partition coefficient (Wildman–Crippen LogP) is 20.9. The number of fused-ring (bicyclic) bond motifs is 4. The van der Waals surface area contributed by atoms with Crippen LogP contribution in [0.1, 0.15) is 210 Å². The maximum absolute atomic E-state index is 12.9. The number of aliphatic hydroxyl groups excluding tert-OH is 1. The fourth-order valence-electron chi connectivity index (χ4n) is 16.6. The van der Waals surface area contributed by atoms with E-state index in [0.717, 1.165) is 32.8 Å². The van der Waals surface area contributed by atoms with Crippen molar-refractivity contribution < 1.29 is 158 Å². The van der Waals surface area contributed by atoms with Crippen molar-refractivity contribution in [2.75, 3.05) is 92.7 Å². The van der Waals surface area contributed by atoms with Gasteiger partial charge in [0.05, 0.1) is 34.0 Å². The lowest BCUT2D eigenvalue weighted by molar-refractivity contribution is -0.193. The highest BCUT2D eigenvalue weighted by Gasteiger charge is 2.76. The summed E-state index contributed by atoms with van der Waals surface area (Å²) in [6, 6.07) is 6.09. The van der Waals surface area contributed by atoms with E-state index in [1.54, 1.807) is 127 Å². The number of rotatable bonds is 14. The van der Waals surface area contributed by atoms with Crippen LogP contribution in [-0.4, -0.2) is 320 Å². The highest BCUT2D eigenvalue weighted by Crippen LogP contribution is 2.68. The van der Waals surface area contributed by atoms with Gasteiger partial charge in [-0.2, -0.15) is 26.3 Å². The minimum atomic E-state index is -5.08. The van der Waals surface area contributed by atoms with Crippen molar-refractivity contribution in [3.8, 4) is 0 Å². The van der Waals surface area contributed by atoms with Crippen LogP contribution in [0.5, 0.6) is 0 Å². The van der Waals surface area contributed by atoms with Crippen molar-refractivity contribution in [1.29, 1.82) is 0 Å². The Kier molecular flexibility index (Phi) is 64.0. The summed E-state index contributed by atoms with van der Waals surface area (Å²) in [4.78, 5) is 154. The van der Waals surface area contributed by atoms with Gasteiger partial charge in [0.1, 0.15) is 69.5 Å². The topological polar surface area (TPSA) is 448 Å². The Morgan fingerprint density at radius 3 is 1.04 bits per heavy atom. The highest BCUT2D eigenvalue weighted by atomic mass is 35.5. The molecule has 53 heteroatoms. The number of likely N-dealkylation sites (tertiary alicyclic amines) is 2. The number of carbonyl (C=O) groups is 13. The molecular weight excluding hydrogens is 2270 g/mol. The van der Waals surface area contributed by atoms with Crippen LogP contribution < -0.4 is 10.6 Å². The van der Waals surface area contributed by atoms with Gasteiger partial charge in [0.2, 0.25) is 5.91 Å². The molecule has 0 radical (unpaired) electrons. The first-order valence-electron chi connectivity index (χ1n) is 48.2. The van der Waals surface area contributed by atoms with Gasteiger partial charge in [-0.3, -0.25) is 38.3 Å². The lowest BCUT2D eigenvalue weighted by atomic mass is 9.80. The summed E-state index contributed by atoms with van der Waals surface area (Å²) in [5.74, 6) is -8.64. The number of aliphatic carboxylic acids is 5. The zero-order chi connectivity index (χ0) is 116. The lowest BCUT2D eigenvalue weighted by Crippen LogP contribution is -2.49. The van der Waals surface area contributed by atoms with Crippen LogP contribution in [0, 0.1) is 71.0 Å². The van der Waals surface area contributed by atoms with Crippen molar-refractivity contribution in [3.05, 3.63) is 60.2 Å². The first-order chi connectivity index (χ1) is 68.3. The molecule has 6 saturated carbocycles. The smallest absolute Gasteiger partial charge is 0.481 e. The van der Waals surface area contributed by atoms with Crippen LogP contribution in [0.2, 0.25) is 0 Å². The number of hydrogen-bond donors (Lipinski definition) is 8. The zero-order valence-electron chi connectivity index (χ0n) is 89.3. The van der Waals surface area contributed by atoms with E-state index in [0.29, 0.717) is 50.4 Å². The number of carbonyl (C=O) groups excluding carboxylic acids is 8. The Labute approximate surface area is 943 Å². The number of amides is 4. The zero-order valence-corrected chi connectivity index (χ0v) is 98.3. The second-order valence-electron chi connectivity index (χ2n) is 40.5. The molecule has 6 heterocycles. The van der Waals surface area contributed by atoms with Gasteiger partial charge in [-0.15, -0.1) is 152 Å². The van der Waals surface area contributed by atoms with Crippen LogP contribution in [0.15, 0.2) is 54.6 Å². The molecule has 0 unspecified atom stereocenters. The number of hydrogen-bond acceptors (Lipinski definition) is 24. The largest absolute Gasteiger partial charge is 0.490 e. The number of benzene rings is 1. The number of alkyl halides is 18. The molecule has 13 rings (SSSR count). The number of methoxy groups -OCH3 is 2. The van der Waals surface area contributed by atoms with Crippen molar-refractivity contribution in [2.45, 2.75) is 303 Å². The Morgan fingerprint density at radius 1 is 0.447 bits per heavy atom. The third kappa shape index (κ3) is 48.8. The summed E-state index contributed by atoms with van der Waals surface area (Å²) in [5.41, 5.74) is -1.88. The molecule has 16 atom stereocenters. The number of carboxylic acids is 5. The number of halogens is 20. The van der Waals surface area contributed by atoms with Gasteiger partial charge in [-0.25, -0.2) is 43.2 Å². The van der Waals surface area contributed by atoms with E-state index >= 15 is 0 Å². The average molecular weight is 2430 g/mol. The van der Waals surface area contributed by atoms with Gasteiger partial charge in [-0.1, -0.05) is 128 Å². The first-order valence-corrected chi connectivity index (χ1v) is 52.2. The minimum Gasteiger partial charge on any atom is -0.481 e. The molecule has 870 valence electrons. The van der Waals surface area contributed by atoms with Crippen LogP contribution >= 0.6 is 152 Å². The quantitative estimate of drug-likeness (QED) is 0.0282. The molecule has 12 aliphatic rings. The van der Waals surface area contributed by atoms with Gasteiger partial charge in [0, 0.05) is 106 Å². The van der Waals surface area contributed by atoms with E-state index in [-0.39, 0.29) is 114 Å². The Balaban J connectivity index is -0.00000161. The standard InChI is InChI=1S/C16H23Cl2NO3.C15H23Cl2NO4.C14H23NO4.C10H15NO4.C9H16O2.C7H9Cl2NO2.C7H7Cl.C6H7Cl2NO2.C6H15N.2C2HF3O2.CH2Cl2.CH3F.CH4O.2ClH/c1-9(10-6-4-3-5-7-10)14(20)19-8-11-12(16(11,17)18)13(19)15(21)22-2;1-13(2,3)21-11(19)10-9-8(15(9,16)17)7-18(10)12(20)22-14(4,5)6;1-13(2,3)18-11(16)10-8-7-9-15(10)12(17)19-14(4,5)6;1-10(2,3)15-9(14)11-6-4-5-7(11)8(12)13;1-7(9(10)11)8-5-3-2-4-6-8;1-12-6(11)5-4-3(2-10-5)7(4,8)9;8-6-7-4-2-1-3-5-7;7-6(8)2-1-9-4(3(2)6)5(10)11;1-4-7(5-2)6-3;2*3-2(4,5)1(6)7;2-1-3;2*1-2;;/h9-13H,3-8H2,1-2H3;8-10H,7H2,1-6H3;7-8,10H,9H2,1-6H3;4-5,7H,6H2,1-3H3,(H,12,13);7-8H,2-6H2,1H3,(H,10,11);3-5,10H,2H2,1H3;1-5H,6H2;2-4,9H,1H2,(H,10,11);4-6H2,1-3H3;2*(H,6,7);1H2;1H3;2H,1H3;2*1H/t9-,11-,12-,13-;8-,9-,10-;10-;2*7-;3-,4-,5-;;2-,3-,4-;;;;;;;;/m000000.0......../s1/i;;;;;;;;;;;;1D;;;. The Bertz CT molecular complexity index is 4440. The molecule has 1 aromatic rings. The fourth-order valence-corrected chi connectivity index (χ4v) is 20.2. The van der Waals surface area contributed by atoms with E-state index < -0.39 is 161 Å². The van der Waals surface area contributed by atoms with Crippen molar-refractivity contribution >= 4 is 230 Å². The molecular formula is C97H151Cl13F7N7O26. The van der Waals surface area contributed by atoms with Crippen molar-refractivity contribution in [3.63, 3.8) is 0 Å². The van der Waals surface area contributed by atoms with E-state index in [1.165, 1.54) is 98.7 Å². The Morgan fingerprint density at radius 2 is 0.753 bits per heavy atom. The molecule has 0 spiro atoms. The van der Waals surface area contributed by atoms with Gasteiger partial charge < -0.3 is 84.2 Å². The molecule has 10 fully saturated rings. The summed E-state index contributed by atoms with van der Waals surface area (Å²) in [6.45, 7) is 43.3. The van der Waals surface area contributed by atoms with Crippen LogP contribution in [0.3, 0.4) is 0 Å². The first kappa shape index (κ1) is 146.